The van der Waals surface area contributed by atoms with E-state index in [4.69, 9.17) is 0 Å². The number of aryl methyl sites for hydroxylation is 1. The van der Waals surface area contributed by atoms with Crippen LogP contribution in [0.15, 0.2) is 66.9 Å². The van der Waals surface area contributed by atoms with Gasteiger partial charge in [-0.1, -0.05) is 73.9 Å². The molecule has 0 radical (unpaired) electrons. The zero-order valence-corrected chi connectivity index (χ0v) is 18.1. The van der Waals surface area contributed by atoms with Gasteiger partial charge in [-0.2, -0.15) is 0 Å². The van der Waals surface area contributed by atoms with Gasteiger partial charge in [0, 0.05) is 17.1 Å². The van der Waals surface area contributed by atoms with Crippen LogP contribution in [-0.4, -0.2) is 23.1 Å². The van der Waals surface area contributed by atoms with Gasteiger partial charge in [0.2, 0.25) is 0 Å². The molecule has 2 fully saturated rings. The van der Waals surface area contributed by atoms with Gasteiger partial charge in [0.05, 0.1) is 6.04 Å². The lowest BCUT2D eigenvalue weighted by Gasteiger charge is -2.40. The first-order valence-corrected chi connectivity index (χ1v) is 11.5. The van der Waals surface area contributed by atoms with E-state index in [1.54, 1.807) is 0 Å². The van der Waals surface area contributed by atoms with Crippen LogP contribution in [0.4, 0.5) is 5.69 Å². The van der Waals surface area contributed by atoms with Gasteiger partial charge >= 0.3 is 0 Å². The van der Waals surface area contributed by atoms with Crippen LogP contribution in [0.25, 0.3) is 0 Å². The molecule has 0 spiro atoms. The first-order chi connectivity index (χ1) is 14.1. The van der Waals surface area contributed by atoms with Crippen LogP contribution in [-0.2, 0) is 5.41 Å². The Morgan fingerprint density at radius 1 is 0.897 bits per heavy atom. The molecule has 29 heavy (non-hydrogen) atoms. The number of rotatable bonds is 3. The third kappa shape index (κ3) is 2.91. The molecule has 0 bridgehead atoms. The second kappa shape index (κ2) is 7.23. The SMILES string of the molecule is Cc1ccccc1N1C(C2CCCCC2)N2C=CC(C)(c3ccccc3)C2[C@@H]1C. The molecule has 2 aromatic rings. The average Bonchev–Trinajstić information content (AvgIpc) is 3.26. The van der Waals surface area contributed by atoms with Crippen LogP contribution in [0.1, 0.15) is 57.1 Å². The maximum absolute atomic E-state index is 2.78. The van der Waals surface area contributed by atoms with Crippen molar-refractivity contribution < 1.29 is 0 Å². The van der Waals surface area contributed by atoms with Gasteiger partial charge in [-0.05, 0) is 62.9 Å². The smallest absolute Gasteiger partial charge is 0.105 e. The summed E-state index contributed by atoms with van der Waals surface area (Å²) in [7, 11) is 0. The van der Waals surface area contributed by atoms with Crippen molar-refractivity contribution in [2.75, 3.05) is 4.90 Å². The van der Waals surface area contributed by atoms with Gasteiger partial charge in [0.1, 0.15) is 6.17 Å². The summed E-state index contributed by atoms with van der Waals surface area (Å²) >= 11 is 0. The number of fused-ring (bicyclic) bond motifs is 1. The molecule has 0 aromatic heterocycles. The highest BCUT2D eigenvalue weighted by atomic mass is 15.5. The van der Waals surface area contributed by atoms with E-state index in [0.29, 0.717) is 18.2 Å². The van der Waals surface area contributed by atoms with Gasteiger partial charge in [-0.25, -0.2) is 0 Å². The zero-order chi connectivity index (χ0) is 20.0. The summed E-state index contributed by atoms with van der Waals surface area (Å²) in [6, 6.07) is 21.1. The summed E-state index contributed by atoms with van der Waals surface area (Å²) < 4.78 is 0. The zero-order valence-electron chi connectivity index (χ0n) is 18.1. The molecule has 3 aliphatic rings. The molecular weight excluding hydrogens is 352 g/mol. The number of hydrogen-bond donors (Lipinski definition) is 0. The molecule has 1 aliphatic carbocycles. The molecule has 1 saturated heterocycles. The first kappa shape index (κ1) is 18.8. The van der Waals surface area contributed by atoms with Gasteiger partial charge in [-0.3, -0.25) is 0 Å². The largest absolute Gasteiger partial charge is 0.351 e. The monoisotopic (exact) mass is 386 g/mol. The van der Waals surface area contributed by atoms with E-state index in [9.17, 15) is 0 Å². The van der Waals surface area contributed by atoms with Crippen molar-refractivity contribution in [3.8, 4) is 0 Å². The van der Waals surface area contributed by atoms with Crippen molar-refractivity contribution in [2.45, 2.75) is 76.5 Å². The molecule has 152 valence electrons. The van der Waals surface area contributed by atoms with Crippen LogP contribution >= 0.6 is 0 Å². The third-order valence-corrected chi connectivity index (χ3v) is 7.88. The van der Waals surface area contributed by atoms with Crippen LogP contribution in [0.5, 0.6) is 0 Å². The normalized spacial score (nSPS) is 32.0. The van der Waals surface area contributed by atoms with Crippen LogP contribution < -0.4 is 4.90 Å². The lowest BCUT2D eigenvalue weighted by atomic mass is 9.75. The van der Waals surface area contributed by atoms with E-state index in [1.165, 1.54) is 48.9 Å². The Morgan fingerprint density at radius 3 is 2.31 bits per heavy atom. The van der Waals surface area contributed by atoms with Crippen molar-refractivity contribution in [1.82, 2.24) is 4.90 Å². The van der Waals surface area contributed by atoms with Crippen molar-refractivity contribution in [2.24, 2.45) is 5.92 Å². The molecule has 4 atom stereocenters. The predicted molar refractivity (Wildman–Crippen MR) is 122 cm³/mol. The minimum Gasteiger partial charge on any atom is -0.351 e. The van der Waals surface area contributed by atoms with Gasteiger partial charge in [0.15, 0.2) is 0 Å². The Kier molecular flexibility index (Phi) is 4.69. The summed E-state index contributed by atoms with van der Waals surface area (Å²) in [5.41, 5.74) is 4.30. The maximum atomic E-state index is 2.78. The van der Waals surface area contributed by atoms with E-state index in [-0.39, 0.29) is 5.41 Å². The summed E-state index contributed by atoms with van der Waals surface area (Å²) in [6.45, 7) is 7.18. The number of nitrogens with zero attached hydrogens (tertiary/aromatic N) is 2. The molecule has 2 aliphatic heterocycles. The number of hydrogen-bond acceptors (Lipinski definition) is 2. The second-order valence-electron chi connectivity index (χ2n) is 9.60. The summed E-state index contributed by atoms with van der Waals surface area (Å²) in [6.07, 6.45) is 12.3. The Hall–Kier alpha value is -2.22. The van der Waals surface area contributed by atoms with Crippen molar-refractivity contribution in [3.63, 3.8) is 0 Å². The number of anilines is 1. The van der Waals surface area contributed by atoms with E-state index < -0.39 is 0 Å². The summed E-state index contributed by atoms with van der Waals surface area (Å²) in [5.74, 6) is 0.749. The molecule has 5 rings (SSSR count). The van der Waals surface area contributed by atoms with E-state index in [2.05, 4.69) is 97.4 Å². The fraction of sp³-hybridized carbons (Fsp3) is 0.481. The lowest BCUT2D eigenvalue weighted by molar-refractivity contribution is 0.166. The molecule has 0 N–H and O–H groups in total. The van der Waals surface area contributed by atoms with E-state index >= 15 is 0 Å². The van der Waals surface area contributed by atoms with Gasteiger partial charge in [-0.15, -0.1) is 0 Å². The van der Waals surface area contributed by atoms with Crippen molar-refractivity contribution in [3.05, 3.63) is 78.0 Å². The standard InChI is InChI=1S/C27H34N2/c1-20-12-10-11-17-24(20)29-21(2)25-27(3,23-15-8-5-9-16-23)18-19-28(25)26(29)22-13-6-4-7-14-22/h5,8-12,15-19,21-22,25-26H,4,6-7,13-14H2,1-3H3/t21-,25?,26?,27?/m0/s1. The van der Waals surface area contributed by atoms with Crippen LogP contribution in [0.2, 0.25) is 0 Å². The molecule has 2 nitrogen and oxygen atoms in total. The van der Waals surface area contributed by atoms with Gasteiger partial charge < -0.3 is 9.80 Å². The van der Waals surface area contributed by atoms with Crippen LogP contribution in [0.3, 0.4) is 0 Å². The first-order valence-electron chi connectivity index (χ1n) is 11.5. The lowest BCUT2D eigenvalue weighted by Crippen LogP contribution is -2.45. The minimum atomic E-state index is 0.0467. The van der Waals surface area contributed by atoms with E-state index in [1.807, 2.05) is 0 Å². The Bertz CT molecular complexity index is 882. The topological polar surface area (TPSA) is 6.48 Å². The Morgan fingerprint density at radius 2 is 1.59 bits per heavy atom. The molecule has 0 amide bonds. The molecule has 2 heteroatoms. The second-order valence-corrected chi connectivity index (χ2v) is 9.60. The molecule has 2 aromatic carbocycles. The fourth-order valence-corrected chi connectivity index (χ4v) is 6.46. The molecule has 1 saturated carbocycles. The number of benzene rings is 2. The van der Waals surface area contributed by atoms with Crippen LogP contribution in [0, 0.1) is 12.8 Å². The minimum absolute atomic E-state index is 0.0467. The Balaban J connectivity index is 1.60. The molecule has 2 heterocycles. The highest BCUT2D eigenvalue weighted by Crippen LogP contribution is 2.50. The third-order valence-electron chi connectivity index (χ3n) is 7.88. The Labute approximate surface area is 176 Å². The highest BCUT2D eigenvalue weighted by molar-refractivity contribution is 5.58. The summed E-state index contributed by atoms with van der Waals surface area (Å²) in [5, 5.41) is 0. The number of para-hydroxylation sites is 1. The average molecular weight is 387 g/mol. The predicted octanol–water partition coefficient (Wildman–Crippen LogP) is 6.27. The molecule has 3 unspecified atom stereocenters. The maximum Gasteiger partial charge on any atom is 0.105 e. The van der Waals surface area contributed by atoms with Gasteiger partial charge in [0.25, 0.3) is 0 Å². The quantitative estimate of drug-likeness (QED) is 0.614. The highest BCUT2D eigenvalue weighted by Gasteiger charge is 2.56. The van der Waals surface area contributed by atoms with E-state index in [0.717, 1.165) is 5.92 Å². The van der Waals surface area contributed by atoms with Crippen molar-refractivity contribution >= 4 is 5.69 Å². The summed E-state index contributed by atoms with van der Waals surface area (Å²) in [4.78, 5) is 5.51. The van der Waals surface area contributed by atoms with Crippen molar-refractivity contribution in [1.29, 1.82) is 0 Å². The fourth-order valence-electron chi connectivity index (χ4n) is 6.46. The molecular formula is C27H34N2.